The molecule has 2 aromatic carbocycles. The number of hydrogen-bond donors (Lipinski definition) is 1. The van der Waals surface area contributed by atoms with Gasteiger partial charge >= 0.3 is 0 Å². The second kappa shape index (κ2) is 10.6. The maximum atomic E-state index is 9.53. The van der Waals surface area contributed by atoms with Crippen LogP contribution >= 0.6 is 0 Å². The van der Waals surface area contributed by atoms with Crippen LogP contribution in [0, 0.1) is 0 Å². The normalized spacial score (nSPS) is 11.0. The third-order valence-corrected chi connectivity index (χ3v) is 6.14. The SMILES string of the molecule is COc1cc(OC)cc(N(CCc2cc(CO)ccn2)c2ccc3ncc(-c4cnn(C)c4)nc3c2)c1. The molecule has 188 valence electrons. The van der Waals surface area contributed by atoms with Crippen molar-refractivity contribution in [1.82, 2.24) is 24.7 Å². The first-order valence-corrected chi connectivity index (χ1v) is 11.9. The molecule has 1 N–H and O–H groups in total. The Morgan fingerprint density at radius 3 is 2.41 bits per heavy atom. The Morgan fingerprint density at radius 1 is 0.892 bits per heavy atom. The third kappa shape index (κ3) is 5.36. The Balaban J connectivity index is 1.56. The molecule has 37 heavy (non-hydrogen) atoms. The van der Waals surface area contributed by atoms with E-state index in [1.165, 1.54) is 0 Å². The fourth-order valence-corrected chi connectivity index (χ4v) is 4.21. The number of aliphatic hydroxyl groups is 1. The summed E-state index contributed by atoms with van der Waals surface area (Å²) in [4.78, 5) is 16.2. The van der Waals surface area contributed by atoms with E-state index < -0.39 is 0 Å². The quantitative estimate of drug-likeness (QED) is 0.322. The molecule has 0 radical (unpaired) electrons. The fraction of sp³-hybridized carbons (Fsp3) is 0.214. The Kier molecular flexibility index (Phi) is 6.96. The molecule has 0 atom stereocenters. The van der Waals surface area contributed by atoms with Crippen molar-refractivity contribution >= 4 is 22.4 Å². The minimum Gasteiger partial charge on any atom is -0.497 e. The Hall–Kier alpha value is -4.50. The van der Waals surface area contributed by atoms with Crippen molar-refractivity contribution < 1.29 is 14.6 Å². The number of hydrogen-bond acceptors (Lipinski definition) is 8. The summed E-state index contributed by atoms with van der Waals surface area (Å²) in [5, 5.41) is 13.8. The average molecular weight is 497 g/mol. The second-order valence-electron chi connectivity index (χ2n) is 8.62. The van der Waals surface area contributed by atoms with Gasteiger partial charge in [-0.1, -0.05) is 0 Å². The van der Waals surface area contributed by atoms with E-state index in [1.54, 1.807) is 37.5 Å². The molecule has 3 aromatic heterocycles. The molecule has 0 fully saturated rings. The molecule has 5 rings (SSSR count). The lowest BCUT2D eigenvalue weighted by Crippen LogP contribution is -2.21. The average Bonchev–Trinajstić information content (AvgIpc) is 3.38. The largest absolute Gasteiger partial charge is 0.497 e. The molecule has 3 heterocycles. The molecule has 0 aliphatic carbocycles. The highest BCUT2D eigenvalue weighted by atomic mass is 16.5. The summed E-state index contributed by atoms with van der Waals surface area (Å²) in [7, 11) is 5.15. The maximum Gasteiger partial charge on any atom is 0.124 e. The summed E-state index contributed by atoms with van der Waals surface area (Å²) in [6.07, 6.45) is 7.85. The molecule has 0 bridgehead atoms. The van der Waals surface area contributed by atoms with Gasteiger partial charge in [0.1, 0.15) is 11.5 Å². The number of fused-ring (bicyclic) bond motifs is 1. The number of nitrogens with zero attached hydrogens (tertiary/aromatic N) is 6. The van der Waals surface area contributed by atoms with Gasteiger partial charge in [-0.2, -0.15) is 5.10 Å². The molecule has 0 amide bonds. The van der Waals surface area contributed by atoms with Crippen LogP contribution in [0.2, 0.25) is 0 Å². The topological polar surface area (TPSA) is 98.4 Å². The van der Waals surface area contributed by atoms with E-state index in [-0.39, 0.29) is 6.61 Å². The number of methoxy groups -OCH3 is 2. The van der Waals surface area contributed by atoms with E-state index in [4.69, 9.17) is 14.5 Å². The number of ether oxygens (including phenoxy) is 2. The van der Waals surface area contributed by atoms with Crippen molar-refractivity contribution in [2.45, 2.75) is 13.0 Å². The molecule has 0 aliphatic rings. The highest BCUT2D eigenvalue weighted by Crippen LogP contribution is 2.34. The molecule has 0 saturated carbocycles. The van der Waals surface area contributed by atoms with Crippen molar-refractivity contribution in [1.29, 1.82) is 0 Å². The second-order valence-corrected chi connectivity index (χ2v) is 8.62. The molecule has 0 spiro atoms. The van der Waals surface area contributed by atoms with Crippen LogP contribution in [0.15, 0.2) is 73.3 Å². The lowest BCUT2D eigenvalue weighted by molar-refractivity contribution is 0.281. The number of aromatic nitrogens is 5. The van der Waals surface area contributed by atoms with Crippen LogP contribution in [-0.4, -0.2) is 50.6 Å². The van der Waals surface area contributed by atoms with E-state index in [2.05, 4.69) is 20.0 Å². The van der Waals surface area contributed by atoms with Crippen molar-refractivity contribution in [3.63, 3.8) is 0 Å². The standard InChI is InChI=1S/C28H28N6O3/c1-33-17-20(15-31-33)28-16-30-26-5-4-22(13-27(26)32-28)34(9-7-21-10-19(18-35)6-8-29-21)23-11-24(36-2)14-25(12-23)37-3/h4-6,8,10-17,35H,7,9,18H2,1-3H3. The van der Waals surface area contributed by atoms with Crippen molar-refractivity contribution in [3.8, 4) is 22.8 Å². The van der Waals surface area contributed by atoms with Gasteiger partial charge in [-0.3, -0.25) is 14.6 Å². The summed E-state index contributed by atoms with van der Waals surface area (Å²) in [5.74, 6) is 1.39. The van der Waals surface area contributed by atoms with Crippen LogP contribution in [0.3, 0.4) is 0 Å². The molecule has 0 saturated heterocycles. The molecule has 0 unspecified atom stereocenters. The van der Waals surface area contributed by atoms with Crippen LogP contribution < -0.4 is 14.4 Å². The zero-order valence-corrected chi connectivity index (χ0v) is 21.0. The minimum atomic E-state index is -0.0189. The van der Waals surface area contributed by atoms with Gasteiger partial charge in [-0.15, -0.1) is 0 Å². The Bertz CT molecular complexity index is 1510. The first-order chi connectivity index (χ1) is 18.1. The van der Waals surface area contributed by atoms with E-state index in [0.717, 1.165) is 44.9 Å². The van der Waals surface area contributed by atoms with Gasteiger partial charge in [-0.25, -0.2) is 4.98 Å². The van der Waals surface area contributed by atoms with E-state index in [1.807, 2.05) is 61.8 Å². The Labute approximate surface area is 215 Å². The van der Waals surface area contributed by atoms with Crippen LogP contribution in [0.4, 0.5) is 11.4 Å². The number of benzene rings is 2. The van der Waals surface area contributed by atoms with Crippen molar-refractivity contribution in [2.75, 3.05) is 25.7 Å². The van der Waals surface area contributed by atoms with Gasteiger partial charge in [0.05, 0.1) is 49.9 Å². The summed E-state index contributed by atoms with van der Waals surface area (Å²) in [6, 6.07) is 15.6. The van der Waals surface area contributed by atoms with E-state index >= 15 is 0 Å². The van der Waals surface area contributed by atoms with Crippen molar-refractivity contribution in [2.24, 2.45) is 7.05 Å². The summed E-state index contributed by atoms with van der Waals surface area (Å²) in [6.45, 7) is 0.606. The maximum absolute atomic E-state index is 9.53. The van der Waals surface area contributed by atoms with Crippen molar-refractivity contribution in [3.05, 3.63) is 84.6 Å². The number of anilines is 2. The lowest BCUT2D eigenvalue weighted by Gasteiger charge is -2.26. The molecule has 9 heteroatoms. The summed E-state index contributed by atoms with van der Waals surface area (Å²) in [5.41, 5.74) is 6.83. The first-order valence-electron chi connectivity index (χ1n) is 11.9. The third-order valence-electron chi connectivity index (χ3n) is 6.14. The molecular weight excluding hydrogens is 468 g/mol. The van der Waals surface area contributed by atoms with E-state index in [9.17, 15) is 5.11 Å². The van der Waals surface area contributed by atoms with Gasteiger partial charge in [0.15, 0.2) is 0 Å². The highest BCUT2D eigenvalue weighted by Gasteiger charge is 2.15. The molecule has 0 aliphatic heterocycles. The fourth-order valence-electron chi connectivity index (χ4n) is 4.21. The number of pyridine rings is 1. The number of rotatable bonds is 9. The van der Waals surface area contributed by atoms with Crippen LogP contribution in [0.1, 0.15) is 11.3 Å². The highest BCUT2D eigenvalue weighted by molar-refractivity contribution is 5.82. The van der Waals surface area contributed by atoms with E-state index in [0.29, 0.717) is 24.5 Å². The van der Waals surface area contributed by atoms with Crippen LogP contribution in [0.5, 0.6) is 11.5 Å². The summed E-state index contributed by atoms with van der Waals surface area (Å²) >= 11 is 0. The predicted octanol–water partition coefficient (Wildman–Crippen LogP) is 4.32. The van der Waals surface area contributed by atoms with Crippen LogP contribution in [0.25, 0.3) is 22.3 Å². The smallest absolute Gasteiger partial charge is 0.124 e. The lowest BCUT2D eigenvalue weighted by atomic mass is 10.1. The predicted molar refractivity (Wildman–Crippen MR) is 142 cm³/mol. The molecular formula is C28H28N6O3. The van der Waals surface area contributed by atoms with Gasteiger partial charge in [-0.05, 0) is 35.9 Å². The zero-order chi connectivity index (χ0) is 25.8. The van der Waals surface area contributed by atoms with Gasteiger partial charge in [0.25, 0.3) is 0 Å². The Morgan fingerprint density at radius 2 is 1.70 bits per heavy atom. The van der Waals surface area contributed by atoms with Crippen LogP contribution in [-0.2, 0) is 20.1 Å². The zero-order valence-electron chi connectivity index (χ0n) is 21.0. The first kappa shape index (κ1) is 24.2. The van der Waals surface area contributed by atoms with Gasteiger partial charge in [0, 0.05) is 73.2 Å². The monoisotopic (exact) mass is 496 g/mol. The molecule has 5 aromatic rings. The number of aryl methyl sites for hydroxylation is 1. The van der Waals surface area contributed by atoms with Gasteiger partial charge in [0.2, 0.25) is 0 Å². The number of aliphatic hydroxyl groups excluding tert-OH is 1. The minimum absolute atomic E-state index is 0.0189. The molecule has 9 nitrogen and oxygen atoms in total. The van der Waals surface area contributed by atoms with Gasteiger partial charge < -0.3 is 19.5 Å². The summed E-state index contributed by atoms with van der Waals surface area (Å²) < 4.78 is 12.8.